The van der Waals surface area contributed by atoms with Crippen molar-refractivity contribution in [1.29, 1.82) is 0 Å². The number of carbonyl (C=O) groups is 6. The summed E-state index contributed by atoms with van der Waals surface area (Å²) in [6.45, 7) is 28.8. The molecule has 1 saturated heterocycles. The van der Waals surface area contributed by atoms with Crippen LogP contribution in [-0.2, 0) is 14.4 Å². The van der Waals surface area contributed by atoms with Crippen molar-refractivity contribution in [3.05, 3.63) is 211 Å². The smallest absolute Gasteiger partial charge is 0.326 e. The standard InChI is InChI=1S/C29H30ClFN6O4.C29H30ClFN6O3.C29H32ClFN6O3/c1-14(2)41-25-18(15(3)27-35-16(4)24-26(32)33-9-11-37(24)27)12-19(30)23(31)22(25)17-7-8-20(34-13-17)28(38)36-10-5-6-21(36)29(39)40;1-14(2)40-25-19(15(3)27-35-16(4)24-26(32)33-10-11-37(24)27)12-20(30)23(31)22(25)18-6-7-21(34-13-18)28(39)36-29(8-9-29)17(5)38;1-14(2)40-25-19(15(3)27-35-16(4)24-26(32)33-10-11-37(24)27)12-20(30)23(31)22(25)18-8-9-21(34-13-18)28(39)36-29(6,7)17(5)38/h7-9,11-15,21H,5-6,10H2,1-4H3,(H2,32,33)(H,39,40);6-7,10-15H,8-9H2,1-5H3,(H2,32,33)(H,36,39);8-15H,1-7H3,(H2,32,33)(H,36,39)/t15-,21+;2*15-/m000/s1. The second-order valence-electron chi connectivity index (χ2n) is 31.3. The maximum Gasteiger partial charge on any atom is 0.326 e. The molecule has 632 valence electrons. The average molecular weight is 1710 g/mol. The highest BCUT2D eigenvalue weighted by molar-refractivity contribution is 6.32. The number of carboxylic acid groups (broad SMARTS) is 1. The minimum absolute atomic E-state index is 0.0646. The van der Waals surface area contributed by atoms with Gasteiger partial charge in [-0.2, -0.15) is 0 Å². The topological polar surface area (TPSA) is 385 Å². The second kappa shape index (κ2) is 35.1. The number of aromatic nitrogens is 12. The number of ketones is 2. The third-order valence-electron chi connectivity index (χ3n) is 21.3. The molecule has 0 bridgehead atoms. The molecule has 121 heavy (non-hydrogen) atoms. The molecule has 0 spiro atoms. The zero-order valence-corrected chi connectivity index (χ0v) is 71.7. The molecular weight excluding hydrogens is 1620 g/mol. The molecule has 9 N–H and O–H groups in total. The molecule has 0 unspecified atom stereocenters. The third kappa shape index (κ3) is 17.7. The molecule has 1 saturated carbocycles. The number of aliphatic carboxylic acids is 1. The van der Waals surface area contributed by atoms with Gasteiger partial charge < -0.3 is 52.1 Å². The minimum Gasteiger partial charge on any atom is -0.490 e. The predicted molar refractivity (Wildman–Crippen MR) is 454 cm³/mol. The van der Waals surface area contributed by atoms with Gasteiger partial charge in [-0.1, -0.05) is 73.8 Å². The van der Waals surface area contributed by atoms with Crippen LogP contribution in [0.3, 0.4) is 0 Å². The summed E-state index contributed by atoms with van der Waals surface area (Å²) >= 11 is 19.3. The van der Waals surface area contributed by atoms with E-state index in [0.717, 1.165) is 0 Å². The van der Waals surface area contributed by atoms with Crippen LogP contribution in [0.1, 0.15) is 216 Å². The number of carboxylic acids is 1. The maximum absolute atomic E-state index is 15.8. The Labute approximate surface area is 710 Å². The number of hydrogen-bond acceptors (Lipinski definition) is 21. The molecule has 28 nitrogen and oxygen atoms in total. The van der Waals surface area contributed by atoms with E-state index < -0.39 is 64.2 Å². The number of nitrogens with one attached hydrogen (secondary N) is 2. The Kier molecular flexibility index (Phi) is 25.5. The zero-order chi connectivity index (χ0) is 88.0. The quantitative estimate of drug-likeness (QED) is 0.0346. The Morgan fingerprint density at radius 3 is 1.17 bits per heavy atom. The van der Waals surface area contributed by atoms with E-state index in [1.807, 2.05) is 96.3 Å². The van der Waals surface area contributed by atoms with E-state index in [0.29, 0.717) is 140 Å². The van der Waals surface area contributed by atoms with Crippen molar-refractivity contribution in [3.8, 4) is 50.6 Å². The highest BCUT2D eigenvalue weighted by Gasteiger charge is 2.49. The van der Waals surface area contributed by atoms with E-state index in [1.54, 1.807) is 81.4 Å². The fourth-order valence-corrected chi connectivity index (χ4v) is 15.3. The number of likely N-dealkylation sites (tertiary alicyclic amines) is 1. The number of nitrogens with zero attached hydrogens (tertiary/aromatic N) is 13. The van der Waals surface area contributed by atoms with E-state index in [9.17, 15) is 33.9 Å². The van der Waals surface area contributed by atoms with Gasteiger partial charge in [-0.3, -0.25) is 52.1 Å². The van der Waals surface area contributed by atoms with Crippen molar-refractivity contribution in [3.63, 3.8) is 0 Å². The van der Waals surface area contributed by atoms with E-state index in [1.165, 1.54) is 61.6 Å². The van der Waals surface area contributed by atoms with Crippen LogP contribution in [-0.4, -0.2) is 145 Å². The summed E-state index contributed by atoms with van der Waals surface area (Å²) in [5.41, 5.74) is 24.2. The molecule has 1 aliphatic carbocycles. The Morgan fingerprint density at radius 2 is 0.868 bits per heavy atom. The molecule has 0 radical (unpaired) electrons. The number of rotatable bonds is 23. The molecule has 3 aromatic carbocycles. The molecule has 4 atom stereocenters. The van der Waals surface area contributed by atoms with Crippen LogP contribution in [0.15, 0.2) is 110 Å². The summed E-state index contributed by atoms with van der Waals surface area (Å²) < 4.78 is 71.4. The Balaban J connectivity index is 0.000000166. The van der Waals surface area contributed by atoms with Gasteiger partial charge in [-0.15, -0.1) is 0 Å². The van der Waals surface area contributed by atoms with Gasteiger partial charge in [-0.25, -0.2) is 47.9 Å². The van der Waals surface area contributed by atoms with E-state index in [-0.39, 0.29) is 102 Å². The molecule has 2 fully saturated rings. The van der Waals surface area contributed by atoms with E-state index in [2.05, 4.69) is 40.5 Å². The molecule has 10 heterocycles. The fourth-order valence-electron chi connectivity index (χ4n) is 14.7. The average Bonchev–Trinajstić information content (AvgIpc) is 1.76. The van der Waals surface area contributed by atoms with Crippen molar-refractivity contribution in [2.45, 2.75) is 190 Å². The molecule has 2 aliphatic rings. The van der Waals surface area contributed by atoms with E-state index >= 15 is 13.2 Å². The van der Waals surface area contributed by atoms with Crippen LogP contribution in [0.25, 0.3) is 49.9 Å². The lowest BCUT2D eigenvalue weighted by molar-refractivity contribution is -0.141. The number of nitrogen functional groups attached to an aromatic ring is 3. The molecule has 14 rings (SSSR count). The van der Waals surface area contributed by atoms with Crippen LogP contribution in [0.4, 0.5) is 30.6 Å². The zero-order valence-electron chi connectivity index (χ0n) is 69.4. The first-order valence-corrected chi connectivity index (χ1v) is 40.2. The van der Waals surface area contributed by atoms with Crippen LogP contribution in [0, 0.1) is 38.2 Å². The summed E-state index contributed by atoms with van der Waals surface area (Å²) in [5, 5.41) is 14.6. The normalized spacial score (nSPS) is 14.5. The number of aryl methyl sites for hydroxylation is 3. The van der Waals surface area contributed by atoms with Gasteiger partial charge in [0.1, 0.15) is 91.8 Å². The molecule has 3 amide bonds. The number of imidazole rings is 3. The molecule has 12 aromatic rings. The number of hydrogen-bond donors (Lipinski definition) is 6. The summed E-state index contributed by atoms with van der Waals surface area (Å²) in [6.07, 6.45) is 15.5. The number of benzene rings is 3. The second-order valence-corrected chi connectivity index (χ2v) is 32.6. The Bertz CT molecular complexity index is 5840. The van der Waals surface area contributed by atoms with Crippen molar-refractivity contribution >= 4 is 104 Å². The number of fused-ring (bicyclic) bond motifs is 3. The fraction of sp³-hybridized carbons (Fsp3) is 0.345. The Morgan fingerprint density at radius 1 is 0.529 bits per heavy atom. The lowest BCUT2D eigenvalue weighted by Crippen LogP contribution is -2.48. The SMILES string of the molecule is CC(=O)C(C)(C)NC(=O)c1ccc(-c2c(F)c(Cl)cc([C@H](C)c3nc(C)c4c(N)nccn34)c2OC(C)C)cn1.CC(=O)C1(NC(=O)c2ccc(-c3c(F)c(Cl)cc([C@H](C)c4nc(C)c5c(N)nccn45)c3OC(C)C)cn2)CC1.Cc1nc([C@@H](C)c2cc(Cl)c(F)c(-c3ccc(C(=O)N4CCC[C@@H]4C(=O)O)nc3)c2OC(C)C)n2ccnc(N)c12. The lowest BCUT2D eigenvalue weighted by Gasteiger charge is -2.23. The first-order chi connectivity index (χ1) is 57.1. The minimum atomic E-state index is -1.06. The van der Waals surface area contributed by atoms with Gasteiger partial charge in [-0.05, 0) is 152 Å². The summed E-state index contributed by atoms with van der Waals surface area (Å²) in [6, 6.07) is 12.9. The van der Waals surface area contributed by atoms with Crippen LogP contribution in [0.2, 0.25) is 15.1 Å². The summed E-state index contributed by atoms with van der Waals surface area (Å²) in [4.78, 5) is 115. The van der Waals surface area contributed by atoms with Gasteiger partial charge in [0.15, 0.2) is 29.0 Å². The van der Waals surface area contributed by atoms with Crippen LogP contribution < -0.4 is 42.0 Å². The number of carbonyl (C=O) groups excluding carboxylic acids is 5. The highest BCUT2D eigenvalue weighted by atomic mass is 35.5. The Hall–Kier alpha value is -12.4. The number of pyridine rings is 3. The van der Waals surface area contributed by atoms with Gasteiger partial charge in [0.2, 0.25) is 0 Å². The lowest BCUT2D eigenvalue weighted by atomic mass is 9.93. The predicted octanol–water partition coefficient (Wildman–Crippen LogP) is 15.9. The van der Waals surface area contributed by atoms with Crippen molar-refractivity contribution in [2.24, 2.45) is 0 Å². The van der Waals surface area contributed by atoms with E-state index in [4.69, 9.17) is 81.2 Å². The van der Waals surface area contributed by atoms with Gasteiger partial charge in [0.25, 0.3) is 17.7 Å². The van der Waals surface area contributed by atoms with Gasteiger partial charge in [0.05, 0.1) is 78.2 Å². The molecule has 1 aliphatic heterocycles. The van der Waals surface area contributed by atoms with Crippen molar-refractivity contribution < 1.29 is 61.3 Å². The monoisotopic (exact) mass is 1710 g/mol. The number of ether oxygens (including phenoxy) is 3. The number of nitrogens with two attached hydrogens (primary N) is 3. The highest BCUT2D eigenvalue weighted by Crippen LogP contribution is 2.49. The molecule has 34 heteroatoms. The molecule has 9 aromatic heterocycles. The number of anilines is 3. The number of amides is 3. The van der Waals surface area contributed by atoms with Crippen molar-refractivity contribution in [1.82, 2.24) is 73.6 Å². The first kappa shape index (κ1) is 87.9. The summed E-state index contributed by atoms with van der Waals surface area (Å²) in [7, 11) is 0. The number of halogens is 6. The maximum atomic E-state index is 15.8. The first-order valence-electron chi connectivity index (χ1n) is 39.1. The summed E-state index contributed by atoms with van der Waals surface area (Å²) in [5.74, 6) is -2.15. The third-order valence-corrected chi connectivity index (χ3v) is 22.1. The van der Waals surface area contributed by atoms with Crippen LogP contribution >= 0.6 is 34.8 Å². The molecular formula is C87H92Cl3F3N18O10. The van der Waals surface area contributed by atoms with Gasteiger partial charge in [0, 0.05) is 113 Å². The van der Waals surface area contributed by atoms with Gasteiger partial charge >= 0.3 is 5.97 Å². The van der Waals surface area contributed by atoms with Crippen molar-refractivity contribution in [2.75, 3.05) is 23.7 Å². The number of Topliss-reactive ketones (excluding diaryl/α,β-unsaturated/α-hetero) is 2. The van der Waals surface area contributed by atoms with Crippen LogP contribution in [0.5, 0.6) is 17.2 Å². The largest absolute Gasteiger partial charge is 0.490 e.